The Labute approximate surface area is 237 Å². The number of sulfone groups is 2. The van der Waals surface area contributed by atoms with E-state index in [0.717, 1.165) is 51.9 Å². The Morgan fingerprint density at radius 2 is 0.750 bits per heavy atom. The molecule has 3 aromatic carbocycles. The summed E-state index contributed by atoms with van der Waals surface area (Å²) in [5.41, 5.74) is 0. The zero-order valence-electron chi connectivity index (χ0n) is 22.6. The lowest BCUT2D eigenvalue weighted by atomic mass is 10.3. The van der Waals surface area contributed by atoms with Crippen LogP contribution in [0.25, 0.3) is 0 Å². The van der Waals surface area contributed by atoms with E-state index >= 15 is 0 Å². The molecule has 0 bridgehead atoms. The van der Waals surface area contributed by atoms with E-state index in [0.29, 0.717) is 45.9 Å². The van der Waals surface area contributed by atoms with Gasteiger partial charge in [-0.1, -0.05) is 0 Å². The number of hydrogen-bond acceptors (Lipinski definition) is 8. The molecule has 3 aromatic rings. The zero-order valence-corrected chi connectivity index (χ0v) is 24.2. The Kier molecular flexibility index (Phi) is 9.10. The van der Waals surface area contributed by atoms with Gasteiger partial charge in [0.05, 0.1) is 21.3 Å². The average molecular weight is 585 g/mol. The van der Waals surface area contributed by atoms with Gasteiger partial charge in [0.2, 0.25) is 0 Å². The molecule has 10 heteroatoms. The molecule has 0 atom stereocenters. The highest BCUT2D eigenvalue weighted by Gasteiger charge is 2.20. The van der Waals surface area contributed by atoms with Crippen LogP contribution in [0.4, 0.5) is 0 Å². The van der Waals surface area contributed by atoms with Crippen LogP contribution in [0.15, 0.2) is 82.6 Å². The number of likely N-dealkylation sites (tertiary alicyclic amines) is 2. The lowest BCUT2D eigenvalue weighted by Gasteiger charge is -2.14. The van der Waals surface area contributed by atoms with Crippen LogP contribution in [0.1, 0.15) is 25.7 Å². The van der Waals surface area contributed by atoms with Crippen LogP contribution in [0.2, 0.25) is 0 Å². The van der Waals surface area contributed by atoms with Gasteiger partial charge in [0.25, 0.3) is 0 Å². The molecule has 0 spiro atoms. The van der Waals surface area contributed by atoms with E-state index in [9.17, 15) is 16.8 Å². The average Bonchev–Trinajstić information content (AvgIpc) is 3.68. The molecule has 5 rings (SSSR count). The minimum absolute atomic E-state index is 0.117. The Morgan fingerprint density at radius 1 is 0.475 bits per heavy atom. The Balaban J connectivity index is 1.12. The highest BCUT2D eigenvalue weighted by Crippen LogP contribution is 2.28. The molecule has 0 aromatic heterocycles. The smallest absolute Gasteiger partial charge is 0.179 e. The summed E-state index contributed by atoms with van der Waals surface area (Å²) in [4.78, 5) is 4.99. The van der Waals surface area contributed by atoms with Gasteiger partial charge in [0, 0.05) is 13.1 Å². The maximum absolute atomic E-state index is 12.7. The molecule has 0 saturated carbocycles. The number of nitrogens with zero attached hydrogens (tertiary/aromatic N) is 2. The van der Waals surface area contributed by atoms with Crippen LogP contribution in [-0.2, 0) is 19.7 Å². The summed E-state index contributed by atoms with van der Waals surface area (Å²) in [5.74, 6) is 2.47. The van der Waals surface area contributed by atoms with E-state index in [1.165, 1.54) is 0 Å². The Hall–Kier alpha value is -2.92. The van der Waals surface area contributed by atoms with E-state index in [1.807, 2.05) is 0 Å². The van der Waals surface area contributed by atoms with Crippen molar-refractivity contribution in [2.24, 2.45) is 0 Å². The molecule has 2 aliphatic heterocycles. The molecule has 2 saturated heterocycles. The first-order chi connectivity index (χ1) is 19.3. The van der Waals surface area contributed by atoms with Gasteiger partial charge < -0.3 is 19.3 Å². The summed E-state index contributed by atoms with van der Waals surface area (Å²) in [5, 5.41) is 0. The van der Waals surface area contributed by atoms with Crippen LogP contribution >= 0.6 is 0 Å². The second kappa shape index (κ2) is 12.7. The van der Waals surface area contributed by atoms with Crippen molar-refractivity contribution in [2.45, 2.75) is 35.5 Å². The molecule has 2 fully saturated rings. The van der Waals surface area contributed by atoms with E-state index in [4.69, 9.17) is 9.47 Å². The largest absolute Gasteiger partial charge is 0.457 e. The van der Waals surface area contributed by atoms with Crippen LogP contribution < -0.4 is 9.47 Å². The molecular formula is C30H36N2O6S2. The highest BCUT2D eigenvalue weighted by atomic mass is 32.2. The SMILES string of the molecule is O=S(=O)(CCN1CCCC1)c1ccc(Oc2ccc(Oc3ccc(S(=O)(=O)CCN4CCCC4)cc3)cc2)cc1. The molecule has 0 unspecified atom stereocenters. The second-order valence-corrected chi connectivity index (χ2v) is 14.6. The summed E-state index contributed by atoms with van der Waals surface area (Å²) in [6, 6.07) is 20.0. The third-order valence-electron chi connectivity index (χ3n) is 7.41. The molecule has 2 heterocycles. The lowest BCUT2D eigenvalue weighted by molar-refractivity contribution is 0.359. The molecule has 40 heavy (non-hydrogen) atoms. The van der Waals surface area contributed by atoms with Crippen LogP contribution in [0, 0.1) is 0 Å². The van der Waals surface area contributed by atoms with Crippen molar-refractivity contribution in [3.63, 3.8) is 0 Å². The van der Waals surface area contributed by atoms with Crippen LogP contribution in [0.5, 0.6) is 23.0 Å². The summed E-state index contributed by atoms with van der Waals surface area (Å²) in [6.07, 6.45) is 4.55. The Morgan fingerprint density at radius 3 is 1.05 bits per heavy atom. The number of ether oxygens (including phenoxy) is 2. The molecule has 2 aliphatic rings. The van der Waals surface area contributed by atoms with E-state index < -0.39 is 19.7 Å². The van der Waals surface area contributed by atoms with E-state index in [-0.39, 0.29) is 11.5 Å². The molecular weight excluding hydrogens is 548 g/mol. The molecule has 0 aliphatic carbocycles. The molecule has 0 amide bonds. The first kappa shape index (κ1) is 28.6. The van der Waals surface area contributed by atoms with Gasteiger partial charge in [0.15, 0.2) is 19.7 Å². The minimum atomic E-state index is -3.34. The van der Waals surface area contributed by atoms with Gasteiger partial charge >= 0.3 is 0 Å². The van der Waals surface area contributed by atoms with Gasteiger partial charge in [-0.2, -0.15) is 0 Å². The third-order valence-corrected chi connectivity index (χ3v) is 10.8. The fraction of sp³-hybridized carbons (Fsp3) is 0.400. The van der Waals surface area contributed by atoms with Gasteiger partial charge in [-0.25, -0.2) is 16.8 Å². The fourth-order valence-corrected chi connectivity index (χ4v) is 7.59. The van der Waals surface area contributed by atoms with Gasteiger partial charge in [0.1, 0.15) is 23.0 Å². The predicted molar refractivity (Wildman–Crippen MR) is 155 cm³/mol. The number of hydrogen-bond donors (Lipinski definition) is 0. The zero-order chi connectivity index (χ0) is 28.0. The van der Waals surface area contributed by atoms with Gasteiger partial charge in [-0.3, -0.25) is 0 Å². The minimum Gasteiger partial charge on any atom is -0.457 e. The standard InChI is InChI=1S/C30H36N2O6S2/c33-39(34,23-21-31-17-1-2-18-31)29-13-9-27(10-14-29)37-25-5-7-26(8-6-25)38-28-11-15-30(16-12-28)40(35,36)24-22-32-19-3-4-20-32/h5-16H,1-4,17-24H2. The molecule has 0 N–H and O–H groups in total. The van der Waals surface area contributed by atoms with Crippen molar-refractivity contribution in [2.75, 3.05) is 50.8 Å². The summed E-state index contributed by atoms with van der Waals surface area (Å²) in [6.45, 7) is 5.03. The van der Waals surface area contributed by atoms with Crippen molar-refractivity contribution in [3.05, 3.63) is 72.8 Å². The van der Waals surface area contributed by atoms with Crippen molar-refractivity contribution in [1.29, 1.82) is 0 Å². The maximum Gasteiger partial charge on any atom is 0.179 e. The first-order valence-electron chi connectivity index (χ1n) is 13.8. The van der Waals surface area contributed by atoms with Crippen molar-refractivity contribution >= 4 is 19.7 Å². The lowest BCUT2D eigenvalue weighted by Crippen LogP contribution is -2.26. The Bertz CT molecular complexity index is 1350. The summed E-state index contributed by atoms with van der Waals surface area (Å²) in [7, 11) is -6.68. The van der Waals surface area contributed by atoms with Crippen molar-refractivity contribution < 1.29 is 26.3 Å². The molecule has 8 nitrogen and oxygen atoms in total. The van der Waals surface area contributed by atoms with Gasteiger partial charge in [-0.15, -0.1) is 0 Å². The third kappa shape index (κ3) is 7.63. The quantitative estimate of drug-likeness (QED) is 0.293. The van der Waals surface area contributed by atoms with Crippen LogP contribution in [0.3, 0.4) is 0 Å². The first-order valence-corrected chi connectivity index (χ1v) is 17.1. The van der Waals surface area contributed by atoms with Crippen molar-refractivity contribution in [1.82, 2.24) is 9.80 Å². The van der Waals surface area contributed by atoms with Gasteiger partial charge in [-0.05, 0) is 125 Å². The molecule has 0 radical (unpaired) electrons. The number of rotatable bonds is 12. The van der Waals surface area contributed by atoms with E-state index in [1.54, 1.807) is 72.8 Å². The van der Waals surface area contributed by atoms with Crippen molar-refractivity contribution in [3.8, 4) is 23.0 Å². The molecule has 214 valence electrons. The maximum atomic E-state index is 12.7. The second-order valence-electron chi connectivity index (χ2n) is 10.4. The highest BCUT2D eigenvalue weighted by molar-refractivity contribution is 7.91. The predicted octanol–water partition coefficient (Wildman–Crippen LogP) is 5.01. The summed E-state index contributed by atoms with van der Waals surface area (Å²) >= 11 is 0. The number of benzene rings is 3. The monoisotopic (exact) mass is 584 g/mol. The fourth-order valence-electron chi connectivity index (χ4n) is 5.02. The normalized spacial score (nSPS) is 16.8. The van der Waals surface area contributed by atoms with E-state index in [2.05, 4.69) is 9.80 Å². The summed E-state index contributed by atoms with van der Waals surface area (Å²) < 4.78 is 62.5. The van der Waals surface area contributed by atoms with Crippen LogP contribution in [-0.4, -0.2) is 77.4 Å². The topological polar surface area (TPSA) is 93.2 Å².